The lowest BCUT2D eigenvalue weighted by Crippen LogP contribution is -2.46. The van der Waals surface area contributed by atoms with E-state index in [1.54, 1.807) is 0 Å². The largest absolute Gasteiger partial charge is 0.478 e. The zero-order chi connectivity index (χ0) is 27.5. The third kappa shape index (κ3) is 6.37. The summed E-state index contributed by atoms with van der Waals surface area (Å²) in [5.74, 6) is -1.40. The number of piperidine rings is 1. The van der Waals surface area contributed by atoms with E-state index in [9.17, 15) is 18.7 Å². The summed E-state index contributed by atoms with van der Waals surface area (Å²) in [6.07, 6.45) is 0.661. The molecule has 2 fully saturated rings. The number of aromatic carboxylic acids is 1. The van der Waals surface area contributed by atoms with Crippen molar-refractivity contribution in [2.75, 3.05) is 55.6 Å². The molecule has 0 aliphatic carbocycles. The lowest BCUT2D eigenvalue weighted by atomic mass is 9.99. The van der Waals surface area contributed by atoms with E-state index in [0.717, 1.165) is 68.7 Å². The predicted molar refractivity (Wildman–Crippen MR) is 158 cm³/mol. The Morgan fingerprint density at radius 1 is 1.07 bits per heavy atom. The SMILES string of the molecule is CCCN1CCN(c2ccc(-c3ccc(Cl)cc3N3CCCC(n4ncc(C(=O)O)c4C(F)F)C3)cc2)CC1.Cl. The van der Waals surface area contributed by atoms with Gasteiger partial charge in [0.1, 0.15) is 11.3 Å². The van der Waals surface area contributed by atoms with Crippen molar-refractivity contribution in [2.45, 2.75) is 38.7 Å². The molecule has 2 saturated heterocycles. The van der Waals surface area contributed by atoms with E-state index in [1.807, 2.05) is 18.2 Å². The van der Waals surface area contributed by atoms with Crippen LogP contribution >= 0.6 is 24.0 Å². The van der Waals surface area contributed by atoms with Crippen molar-refractivity contribution in [1.29, 1.82) is 0 Å². The maximum absolute atomic E-state index is 13.9. The van der Waals surface area contributed by atoms with Crippen LogP contribution in [0.4, 0.5) is 20.2 Å². The number of halogens is 4. The molecule has 0 spiro atoms. The molecule has 1 aromatic heterocycles. The standard InChI is InChI=1S/C29H34ClF2N5O2.ClH/c1-2-11-34-13-15-35(16-14-34)22-8-5-20(6-9-22)24-10-7-21(30)17-26(24)36-12-3-4-23(19-36)37-27(28(31)32)25(18-33-37)29(38)39;/h5-10,17-18,23,28H,2-4,11-16,19H2,1H3,(H,38,39);1H. The molecule has 0 bridgehead atoms. The van der Waals surface area contributed by atoms with Crippen LogP contribution in [0.25, 0.3) is 11.1 Å². The second-order valence-corrected chi connectivity index (χ2v) is 10.7. The first kappa shape index (κ1) is 30.1. The van der Waals surface area contributed by atoms with E-state index < -0.39 is 23.7 Å². The zero-order valence-corrected chi connectivity index (χ0v) is 24.1. The minimum atomic E-state index is -2.93. The minimum Gasteiger partial charge on any atom is -0.478 e. The molecule has 2 aromatic carbocycles. The average molecular weight is 595 g/mol. The monoisotopic (exact) mass is 593 g/mol. The number of hydrogen-bond donors (Lipinski definition) is 1. The second-order valence-electron chi connectivity index (χ2n) is 10.3. The van der Waals surface area contributed by atoms with Gasteiger partial charge in [0.15, 0.2) is 0 Å². The molecule has 2 aliphatic heterocycles. The Bertz CT molecular complexity index is 1300. The first-order valence-electron chi connectivity index (χ1n) is 13.6. The number of anilines is 2. The van der Waals surface area contributed by atoms with E-state index in [4.69, 9.17) is 11.6 Å². The van der Waals surface area contributed by atoms with Crippen molar-refractivity contribution in [1.82, 2.24) is 14.7 Å². The normalized spacial score (nSPS) is 18.2. The van der Waals surface area contributed by atoms with Gasteiger partial charge < -0.3 is 14.9 Å². The third-order valence-electron chi connectivity index (χ3n) is 7.77. The Morgan fingerprint density at radius 2 is 1.80 bits per heavy atom. The smallest absolute Gasteiger partial charge is 0.339 e. The molecule has 1 N–H and O–H groups in total. The fourth-order valence-electron chi connectivity index (χ4n) is 5.83. The van der Waals surface area contributed by atoms with Gasteiger partial charge >= 0.3 is 5.97 Å². The van der Waals surface area contributed by atoms with Gasteiger partial charge in [-0.15, -0.1) is 12.4 Å². The first-order valence-corrected chi connectivity index (χ1v) is 13.9. The summed E-state index contributed by atoms with van der Waals surface area (Å²) in [5.41, 5.74) is 3.22. The molecule has 1 atom stereocenters. The van der Waals surface area contributed by atoms with Crippen molar-refractivity contribution in [3.63, 3.8) is 0 Å². The van der Waals surface area contributed by atoms with Gasteiger partial charge in [-0.2, -0.15) is 5.10 Å². The summed E-state index contributed by atoms with van der Waals surface area (Å²) < 4.78 is 28.9. The number of alkyl halides is 2. The van der Waals surface area contributed by atoms with Crippen LogP contribution in [0.1, 0.15) is 54.7 Å². The second kappa shape index (κ2) is 13.2. The molecule has 216 valence electrons. The average Bonchev–Trinajstić information content (AvgIpc) is 3.40. The van der Waals surface area contributed by atoms with Gasteiger partial charge in [0.2, 0.25) is 0 Å². The highest BCUT2D eigenvalue weighted by molar-refractivity contribution is 6.31. The highest BCUT2D eigenvalue weighted by Gasteiger charge is 2.31. The molecule has 11 heteroatoms. The molecular formula is C29H35Cl2F2N5O2. The number of hydrogen-bond acceptors (Lipinski definition) is 5. The number of rotatable bonds is 8. The number of piperazine rings is 1. The van der Waals surface area contributed by atoms with Gasteiger partial charge in [0, 0.05) is 61.2 Å². The molecule has 1 unspecified atom stereocenters. The van der Waals surface area contributed by atoms with E-state index in [2.05, 4.69) is 51.0 Å². The fraction of sp³-hybridized carbons (Fsp3) is 0.448. The van der Waals surface area contributed by atoms with E-state index >= 15 is 0 Å². The molecule has 0 saturated carbocycles. The number of carboxylic acid groups (broad SMARTS) is 1. The Labute approximate surface area is 244 Å². The lowest BCUT2D eigenvalue weighted by molar-refractivity contribution is 0.0681. The van der Waals surface area contributed by atoms with E-state index in [1.165, 1.54) is 16.8 Å². The van der Waals surface area contributed by atoms with Gasteiger partial charge in [0.05, 0.1) is 12.2 Å². The van der Waals surface area contributed by atoms with Crippen LogP contribution in [0.2, 0.25) is 5.02 Å². The van der Waals surface area contributed by atoms with Gasteiger partial charge in [-0.25, -0.2) is 13.6 Å². The highest BCUT2D eigenvalue weighted by Crippen LogP contribution is 2.38. The van der Waals surface area contributed by atoms with Crippen molar-refractivity contribution in [3.8, 4) is 11.1 Å². The minimum absolute atomic E-state index is 0. The van der Waals surface area contributed by atoms with Crippen molar-refractivity contribution < 1.29 is 18.7 Å². The Hall–Kier alpha value is -2.88. The van der Waals surface area contributed by atoms with Crippen LogP contribution < -0.4 is 9.80 Å². The van der Waals surface area contributed by atoms with Crippen LogP contribution in [-0.2, 0) is 0 Å². The van der Waals surface area contributed by atoms with Crippen molar-refractivity contribution in [3.05, 3.63) is 64.9 Å². The Morgan fingerprint density at radius 3 is 2.45 bits per heavy atom. The number of benzene rings is 2. The van der Waals surface area contributed by atoms with Crippen LogP contribution in [0.5, 0.6) is 0 Å². The Kier molecular flexibility index (Phi) is 9.92. The molecule has 40 heavy (non-hydrogen) atoms. The van der Waals surface area contributed by atoms with Crippen LogP contribution in [0, 0.1) is 0 Å². The molecule has 2 aliphatic rings. The topological polar surface area (TPSA) is 64.8 Å². The van der Waals surface area contributed by atoms with E-state index in [0.29, 0.717) is 18.0 Å². The summed E-state index contributed by atoms with van der Waals surface area (Å²) in [4.78, 5) is 18.6. The molecule has 0 radical (unpaired) electrons. The van der Waals surface area contributed by atoms with Crippen LogP contribution in [0.15, 0.2) is 48.7 Å². The van der Waals surface area contributed by atoms with Crippen molar-refractivity contribution >= 4 is 41.4 Å². The summed E-state index contributed by atoms with van der Waals surface area (Å²) in [5, 5.41) is 14.0. The Balaban J connectivity index is 0.00000370. The molecule has 0 amide bonds. The lowest BCUT2D eigenvalue weighted by Gasteiger charge is -2.37. The quantitative estimate of drug-likeness (QED) is 0.316. The molecule has 7 nitrogen and oxygen atoms in total. The first-order chi connectivity index (χ1) is 18.9. The van der Waals surface area contributed by atoms with E-state index in [-0.39, 0.29) is 18.4 Å². The van der Waals surface area contributed by atoms with Crippen molar-refractivity contribution in [2.24, 2.45) is 0 Å². The summed E-state index contributed by atoms with van der Waals surface area (Å²) >= 11 is 6.42. The number of aromatic nitrogens is 2. The summed E-state index contributed by atoms with van der Waals surface area (Å²) in [7, 11) is 0. The van der Waals surface area contributed by atoms with Crippen LogP contribution in [0.3, 0.4) is 0 Å². The van der Waals surface area contributed by atoms with Gasteiger partial charge in [-0.1, -0.05) is 36.7 Å². The highest BCUT2D eigenvalue weighted by atomic mass is 35.5. The van der Waals surface area contributed by atoms with Crippen LogP contribution in [-0.4, -0.2) is 71.6 Å². The maximum Gasteiger partial charge on any atom is 0.339 e. The van der Waals surface area contributed by atoms with Gasteiger partial charge in [-0.3, -0.25) is 9.58 Å². The molecule has 5 rings (SSSR count). The zero-order valence-electron chi connectivity index (χ0n) is 22.5. The maximum atomic E-state index is 13.9. The fourth-order valence-corrected chi connectivity index (χ4v) is 5.99. The predicted octanol–water partition coefficient (Wildman–Crippen LogP) is 6.63. The summed E-state index contributed by atoms with van der Waals surface area (Å²) in [6, 6.07) is 14.0. The molecular weight excluding hydrogens is 559 g/mol. The van der Waals surface area contributed by atoms with Gasteiger partial charge in [-0.05, 0) is 55.6 Å². The van der Waals surface area contributed by atoms with Gasteiger partial charge in [0.25, 0.3) is 6.43 Å². The number of carboxylic acids is 1. The summed E-state index contributed by atoms with van der Waals surface area (Å²) in [6.45, 7) is 8.70. The number of carbonyl (C=O) groups is 1. The third-order valence-corrected chi connectivity index (χ3v) is 8.00. The molecule has 3 heterocycles. The molecule has 3 aromatic rings. The number of nitrogens with zero attached hydrogens (tertiary/aromatic N) is 5.